The summed E-state index contributed by atoms with van der Waals surface area (Å²) in [5.41, 5.74) is 2.83. The van der Waals surface area contributed by atoms with Crippen molar-refractivity contribution < 1.29 is 14.7 Å². The maximum atomic E-state index is 11.8. The summed E-state index contributed by atoms with van der Waals surface area (Å²) in [6.45, 7) is 7.05. The van der Waals surface area contributed by atoms with Gasteiger partial charge in [0.2, 0.25) is 5.91 Å². The largest absolute Gasteiger partial charge is 0.480 e. The molecule has 19 heavy (non-hydrogen) atoms. The number of carboxylic acids is 1. The summed E-state index contributed by atoms with van der Waals surface area (Å²) in [6, 6.07) is 5.83. The summed E-state index contributed by atoms with van der Waals surface area (Å²) in [5, 5.41) is 11.8. The average Bonchev–Trinajstić information content (AvgIpc) is 2.31. The number of anilines is 1. The third-order valence-electron chi connectivity index (χ3n) is 2.75. The van der Waals surface area contributed by atoms with Gasteiger partial charge in [-0.3, -0.25) is 9.59 Å². The molecule has 1 amide bonds. The molecule has 0 heterocycles. The van der Waals surface area contributed by atoms with Crippen LogP contribution in [0.5, 0.6) is 0 Å². The van der Waals surface area contributed by atoms with Crippen LogP contribution in [0.4, 0.5) is 5.69 Å². The zero-order chi connectivity index (χ0) is 14.6. The molecular weight excluding hydrogens is 262 g/mol. The van der Waals surface area contributed by atoms with E-state index in [2.05, 4.69) is 5.32 Å². The summed E-state index contributed by atoms with van der Waals surface area (Å²) in [6.07, 6.45) is 0. The summed E-state index contributed by atoms with van der Waals surface area (Å²) >= 11 is 1.11. The number of carbonyl (C=O) groups is 2. The van der Waals surface area contributed by atoms with Gasteiger partial charge in [-0.05, 0) is 44.9 Å². The molecule has 0 unspecified atom stereocenters. The molecule has 5 heteroatoms. The number of rotatable bonds is 5. The van der Waals surface area contributed by atoms with Crippen LogP contribution in [-0.2, 0) is 9.59 Å². The molecule has 0 radical (unpaired) electrons. The predicted octanol–water partition coefficient (Wildman–Crippen LogP) is 2.84. The van der Waals surface area contributed by atoms with Crippen LogP contribution in [0.25, 0.3) is 0 Å². The van der Waals surface area contributed by atoms with E-state index in [1.165, 1.54) is 0 Å². The molecule has 1 rings (SSSR count). The van der Waals surface area contributed by atoms with Crippen LogP contribution in [0, 0.1) is 13.8 Å². The van der Waals surface area contributed by atoms with Crippen molar-refractivity contribution in [2.24, 2.45) is 0 Å². The minimum atomic E-state index is -0.959. The van der Waals surface area contributed by atoms with E-state index < -0.39 is 10.7 Å². The van der Waals surface area contributed by atoms with Crippen molar-refractivity contribution in [2.45, 2.75) is 32.4 Å². The van der Waals surface area contributed by atoms with E-state index in [-0.39, 0.29) is 11.7 Å². The fraction of sp³-hybridized carbons (Fsp3) is 0.429. The van der Waals surface area contributed by atoms with Gasteiger partial charge in [-0.25, -0.2) is 0 Å². The number of amides is 1. The molecule has 104 valence electrons. The van der Waals surface area contributed by atoms with Crippen molar-refractivity contribution in [2.75, 3.05) is 11.1 Å². The van der Waals surface area contributed by atoms with Gasteiger partial charge in [-0.15, -0.1) is 11.8 Å². The Morgan fingerprint density at radius 3 is 2.53 bits per heavy atom. The van der Waals surface area contributed by atoms with E-state index in [1.807, 2.05) is 32.0 Å². The maximum absolute atomic E-state index is 11.8. The van der Waals surface area contributed by atoms with E-state index in [0.29, 0.717) is 0 Å². The monoisotopic (exact) mass is 281 g/mol. The van der Waals surface area contributed by atoms with Crippen molar-refractivity contribution in [3.8, 4) is 0 Å². The predicted molar refractivity (Wildman–Crippen MR) is 78.7 cm³/mol. The summed E-state index contributed by atoms with van der Waals surface area (Å²) in [7, 11) is 0. The highest BCUT2D eigenvalue weighted by Crippen LogP contribution is 2.25. The third kappa shape index (κ3) is 4.59. The van der Waals surface area contributed by atoms with E-state index in [4.69, 9.17) is 5.11 Å². The molecule has 0 saturated carbocycles. The first kappa shape index (κ1) is 15.6. The Labute approximate surface area is 117 Å². The summed E-state index contributed by atoms with van der Waals surface area (Å²) in [4.78, 5) is 22.8. The van der Waals surface area contributed by atoms with E-state index in [1.54, 1.807) is 13.8 Å². The van der Waals surface area contributed by atoms with Crippen LogP contribution in [0.2, 0.25) is 0 Å². The first-order valence-corrected chi connectivity index (χ1v) is 6.95. The highest BCUT2D eigenvalue weighted by atomic mass is 32.2. The molecule has 1 aromatic carbocycles. The lowest BCUT2D eigenvalue weighted by Crippen LogP contribution is -2.29. The van der Waals surface area contributed by atoms with Gasteiger partial charge >= 0.3 is 5.97 Å². The molecule has 0 aliphatic heterocycles. The van der Waals surface area contributed by atoms with Crippen LogP contribution in [0.1, 0.15) is 25.0 Å². The van der Waals surface area contributed by atoms with Gasteiger partial charge in [-0.2, -0.15) is 0 Å². The molecule has 0 saturated heterocycles. The number of carbonyl (C=O) groups excluding carboxylic acids is 1. The molecule has 0 fully saturated rings. The van der Waals surface area contributed by atoms with E-state index >= 15 is 0 Å². The number of hydrogen-bond acceptors (Lipinski definition) is 3. The third-order valence-corrected chi connectivity index (χ3v) is 4.05. The van der Waals surface area contributed by atoms with Crippen LogP contribution >= 0.6 is 11.8 Å². The van der Waals surface area contributed by atoms with Crippen molar-refractivity contribution in [1.82, 2.24) is 0 Å². The minimum absolute atomic E-state index is 0.118. The highest BCUT2D eigenvalue weighted by molar-refractivity contribution is 8.02. The van der Waals surface area contributed by atoms with Crippen LogP contribution in [0.3, 0.4) is 0 Å². The fourth-order valence-electron chi connectivity index (χ4n) is 1.36. The molecule has 0 aliphatic carbocycles. The van der Waals surface area contributed by atoms with Gasteiger partial charge < -0.3 is 10.4 Å². The molecule has 0 spiro atoms. The summed E-state index contributed by atoms with van der Waals surface area (Å²) < 4.78 is -0.959. The molecule has 1 aromatic rings. The Balaban J connectivity index is 2.61. The second-order valence-corrected chi connectivity index (χ2v) is 6.57. The van der Waals surface area contributed by atoms with Crippen LogP contribution < -0.4 is 5.32 Å². The lowest BCUT2D eigenvalue weighted by atomic mass is 10.1. The minimum Gasteiger partial charge on any atom is -0.480 e. The molecule has 0 atom stereocenters. The first-order valence-electron chi connectivity index (χ1n) is 5.97. The van der Waals surface area contributed by atoms with Crippen molar-refractivity contribution in [1.29, 1.82) is 0 Å². The van der Waals surface area contributed by atoms with Gasteiger partial charge in [0.05, 0.1) is 5.75 Å². The number of thioether (sulfide) groups is 1. The first-order chi connectivity index (χ1) is 8.72. The maximum Gasteiger partial charge on any atom is 0.319 e. The lowest BCUT2D eigenvalue weighted by Gasteiger charge is -2.18. The molecule has 0 bridgehead atoms. The molecular formula is C14H19NO3S. The van der Waals surface area contributed by atoms with Crippen LogP contribution in [0.15, 0.2) is 18.2 Å². The Kier molecular flexibility index (Phi) is 5.00. The number of aliphatic carboxylic acids is 1. The Morgan fingerprint density at radius 1 is 1.32 bits per heavy atom. The van der Waals surface area contributed by atoms with E-state index in [0.717, 1.165) is 28.6 Å². The Morgan fingerprint density at radius 2 is 1.95 bits per heavy atom. The second-order valence-electron chi connectivity index (χ2n) is 4.97. The normalized spacial score (nSPS) is 11.2. The fourth-order valence-corrected chi connectivity index (χ4v) is 2.05. The zero-order valence-electron chi connectivity index (χ0n) is 11.6. The van der Waals surface area contributed by atoms with Gasteiger partial charge in [0, 0.05) is 5.69 Å². The molecule has 0 aromatic heterocycles. The second kappa shape index (κ2) is 6.10. The van der Waals surface area contributed by atoms with Crippen molar-refractivity contribution >= 4 is 29.3 Å². The molecule has 2 N–H and O–H groups in total. The highest BCUT2D eigenvalue weighted by Gasteiger charge is 2.28. The van der Waals surface area contributed by atoms with E-state index in [9.17, 15) is 9.59 Å². The lowest BCUT2D eigenvalue weighted by molar-refractivity contribution is -0.138. The molecule has 4 nitrogen and oxygen atoms in total. The van der Waals surface area contributed by atoms with Gasteiger partial charge in [-0.1, -0.05) is 12.1 Å². The number of carboxylic acid groups (broad SMARTS) is 1. The SMILES string of the molecule is Cc1ccc(C)c(NC(=O)CSC(C)(C)C(=O)O)c1. The van der Waals surface area contributed by atoms with Crippen LogP contribution in [-0.4, -0.2) is 27.5 Å². The van der Waals surface area contributed by atoms with Gasteiger partial charge in [0.1, 0.15) is 4.75 Å². The Hall–Kier alpha value is -1.49. The molecule has 0 aliphatic rings. The van der Waals surface area contributed by atoms with Crippen molar-refractivity contribution in [3.05, 3.63) is 29.3 Å². The number of benzene rings is 1. The standard InChI is InChI=1S/C14H19NO3S/c1-9-5-6-10(2)11(7-9)15-12(16)8-19-14(3,4)13(17)18/h5-7H,8H2,1-4H3,(H,15,16)(H,17,18). The number of aryl methyl sites for hydroxylation is 2. The topological polar surface area (TPSA) is 66.4 Å². The Bertz CT molecular complexity index is 497. The van der Waals surface area contributed by atoms with Gasteiger partial charge in [0.25, 0.3) is 0 Å². The smallest absolute Gasteiger partial charge is 0.319 e. The zero-order valence-corrected chi connectivity index (χ0v) is 12.4. The quantitative estimate of drug-likeness (QED) is 0.871. The van der Waals surface area contributed by atoms with Crippen molar-refractivity contribution in [3.63, 3.8) is 0 Å². The summed E-state index contributed by atoms with van der Waals surface area (Å²) in [5.74, 6) is -0.989. The average molecular weight is 281 g/mol. The number of hydrogen-bond donors (Lipinski definition) is 2. The number of nitrogens with one attached hydrogen (secondary N) is 1. The van der Waals surface area contributed by atoms with Gasteiger partial charge in [0.15, 0.2) is 0 Å².